The first-order valence-corrected chi connectivity index (χ1v) is 10.2. The topological polar surface area (TPSA) is 117 Å². The molecule has 1 amide bonds. The predicted octanol–water partition coefficient (Wildman–Crippen LogP) is 3.42. The van der Waals surface area contributed by atoms with Crippen LogP contribution in [0.3, 0.4) is 0 Å². The van der Waals surface area contributed by atoms with Crippen LogP contribution in [0.1, 0.15) is 18.9 Å². The van der Waals surface area contributed by atoms with E-state index in [1.807, 2.05) is 37.3 Å². The Morgan fingerprint density at radius 3 is 2.66 bits per heavy atom. The number of carbonyl (C=O) groups excluding carboxylic acids is 1. The molecule has 154 valence electrons. The van der Waals surface area contributed by atoms with Gasteiger partial charge in [-0.2, -0.15) is 0 Å². The number of thioether (sulfide) groups is 1. The third-order valence-corrected chi connectivity index (χ3v) is 5.93. The number of allylic oxidation sites excluding steroid dienone is 1. The zero-order valence-electron chi connectivity index (χ0n) is 16.1. The highest BCUT2D eigenvalue weighted by molar-refractivity contribution is 8.00. The smallest absolute Gasteiger partial charge is 0.413 e. The lowest BCUT2D eigenvalue weighted by atomic mass is 9.90. The van der Waals surface area contributed by atoms with Crippen LogP contribution >= 0.6 is 24.0 Å². The minimum absolute atomic E-state index is 0.0412. The number of benzene rings is 1. The lowest BCUT2D eigenvalue weighted by Gasteiger charge is -2.30. The number of nitro groups is 1. The molecule has 3 N–H and O–H groups in total. The van der Waals surface area contributed by atoms with Crippen molar-refractivity contribution in [3.8, 4) is 0 Å². The largest absolute Gasteiger partial charge is 0.453 e. The Bertz CT molecular complexity index is 870. The number of hydrogen-bond acceptors (Lipinski definition) is 7. The van der Waals surface area contributed by atoms with E-state index in [4.69, 9.17) is 17.6 Å². The van der Waals surface area contributed by atoms with Gasteiger partial charge in [-0.1, -0.05) is 49.0 Å². The molecule has 0 radical (unpaired) electrons. The summed E-state index contributed by atoms with van der Waals surface area (Å²) in [6, 6.07) is 9.30. The maximum absolute atomic E-state index is 12.2. The number of carbonyl (C=O) groups is 1. The zero-order valence-corrected chi connectivity index (χ0v) is 17.7. The van der Waals surface area contributed by atoms with Crippen LogP contribution < -0.4 is 10.6 Å². The lowest BCUT2D eigenvalue weighted by Crippen LogP contribution is -2.46. The maximum atomic E-state index is 12.2. The van der Waals surface area contributed by atoms with Gasteiger partial charge >= 0.3 is 11.0 Å². The molecule has 29 heavy (non-hydrogen) atoms. The Balaban J connectivity index is 2.54. The number of amides is 1. The van der Waals surface area contributed by atoms with Crippen LogP contribution in [0.15, 0.2) is 53.8 Å². The summed E-state index contributed by atoms with van der Waals surface area (Å²) in [6.45, 7) is 1.95. The highest BCUT2D eigenvalue weighted by atomic mass is 32.2. The first kappa shape index (κ1) is 22.6. The van der Waals surface area contributed by atoms with Crippen molar-refractivity contribution in [3.63, 3.8) is 0 Å². The van der Waals surface area contributed by atoms with Crippen LogP contribution in [0, 0.1) is 15.5 Å². The van der Waals surface area contributed by atoms with Crippen molar-refractivity contribution < 1.29 is 14.5 Å². The Hall–Kier alpha value is -2.72. The number of rotatable bonds is 7. The van der Waals surface area contributed by atoms with Crippen molar-refractivity contribution in [1.82, 2.24) is 10.6 Å². The minimum Gasteiger partial charge on any atom is -0.453 e. The fourth-order valence-electron chi connectivity index (χ4n) is 2.78. The van der Waals surface area contributed by atoms with E-state index in [-0.39, 0.29) is 27.9 Å². The van der Waals surface area contributed by atoms with Gasteiger partial charge in [-0.05, 0) is 30.3 Å². The van der Waals surface area contributed by atoms with E-state index in [1.165, 1.54) is 31.0 Å². The first-order valence-electron chi connectivity index (χ1n) is 8.84. The molecule has 0 spiro atoms. The standard InChI is InChI=1S/C19H22N4O4S2/c1-3-11-29-19(23(25)26)10-9-15(20)16(21-17(28)22-18(24)27-2)14(19)12-13-7-5-4-6-8-13/h4-10,20H,3,11-12H2,1-2H3,(H2,21,22,24,28). The molecule has 1 aromatic rings. The summed E-state index contributed by atoms with van der Waals surface area (Å²) in [5.74, 6) is 0.565. The summed E-state index contributed by atoms with van der Waals surface area (Å²) in [5, 5.41) is 25.5. The number of alkyl carbamates (subject to hydrolysis) is 1. The molecule has 0 aliphatic heterocycles. The van der Waals surface area contributed by atoms with Gasteiger partial charge in [0.25, 0.3) is 0 Å². The molecule has 0 saturated heterocycles. The van der Waals surface area contributed by atoms with E-state index in [1.54, 1.807) is 0 Å². The van der Waals surface area contributed by atoms with Gasteiger partial charge in [0.15, 0.2) is 5.11 Å². The Morgan fingerprint density at radius 1 is 1.38 bits per heavy atom. The summed E-state index contributed by atoms with van der Waals surface area (Å²) < 4.78 is 4.52. The van der Waals surface area contributed by atoms with Crippen molar-refractivity contribution in [2.45, 2.75) is 24.6 Å². The molecule has 0 saturated carbocycles. The lowest BCUT2D eigenvalue weighted by molar-refractivity contribution is -0.514. The average Bonchev–Trinajstić information content (AvgIpc) is 2.70. The van der Waals surface area contributed by atoms with Crippen LogP contribution in [-0.2, 0) is 11.2 Å². The summed E-state index contributed by atoms with van der Waals surface area (Å²) in [6.07, 6.45) is 3.08. The fraction of sp³-hybridized carbons (Fsp3) is 0.316. The zero-order chi connectivity index (χ0) is 21.4. The van der Waals surface area contributed by atoms with Crippen LogP contribution in [-0.4, -0.2) is 39.6 Å². The Morgan fingerprint density at radius 2 is 2.07 bits per heavy atom. The summed E-state index contributed by atoms with van der Waals surface area (Å²) in [7, 11) is 1.20. The van der Waals surface area contributed by atoms with Gasteiger partial charge in [-0.25, -0.2) is 4.79 Å². The van der Waals surface area contributed by atoms with Crippen LogP contribution in [0.2, 0.25) is 0 Å². The molecule has 0 heterocycles. The highest BCUT2D eigenvalue weighted by Gasteiger charge is 2.49. The van der Waals surface area contributed by atoms with Gasteiger partial charge in [-0.3, -0.25) is 20.8 Å². The average molecular weight is 435 g/mol. The normalized spacial score (nSPS) is 18.3. The number of thiocarbonyl (C=S) groups is 1. The fourth-order valence-corrected chi connectivity index (χ4v) is 4.10. The molecule has 1 aliphatic carbocycles. The molecule has 0 aromatic heterocycles. The van der Waals surface area contributed by atoms with Gasteiger partial charge < -0.3 is 10.1 Å². The number of ether oxygens (including phenoxy) is 1. The Labute approximate surface area is 178 Å². The molecule has 1 unspecified atom stereocenters. The van der Waals surface area contributed by atoms with Crippen molar-refractivity contribution in [2.24, 2.45) is 0 Å². The second-order valence-electron chi connectivity index (χ2n) is 6.14. The molecule has 2 rings (SSSR count). The third-order valence-electron chi connectivity index (χ3n) is 4.14. The van der Waals surface area contributed by atoms with E-state index < -0.39 is 11.0 Å². The van der Waals surface area contributed by atoms with Gasteiger partial charge in [0, 0.05) is 23.2 Å². The van der Waals surface area contributed by atoms with E-state index >= 15 is 0 Å². The molecule has 0 bridgehead atoms. The predicted molar refractivity (Wildman–Crippen MR) is 118 cm³/mol. The molecule has 8 nitrogen and oxygen atoms in total. The molecule has 0 fully saturated rings. The third kappa shape index (κ3) is 5.42. The molecule has 1 aliphatic rings. The molecule has 1 atom stereocenters. The second-order valence-corrected chi connectivity index (χ2v) is 7.86. The van der Waals surface area contributed by atoms with Crippen molar-refractivity contribution in [3.05, 3.63) is 69.4 Å². The van der Waals surface area contributed by atoms with Crippen molar-refractivity contribution in [1.29, 1.82) is 5.41 Å². The summed E-state index contributed by atoms with van der Waals surface area (Å²) in [4.78, 5) is 21.8. The number of nitrogens with zero attached hydrogens (tertiary/aromatic N) is 1. The van der Waals surface area contributed by atoms with Crippen LogP contribution in [0.4, 0.5) is 4.79 Å². The van der Waals surface area contributed by atoms with Crippen molar-refractivity contribution >= 4 is 40.9 Å². The highest BCUT2D eigenvalue weighted by Crippen LogP contribution is 2.41. The monoisotopic (exact) mass is 434 g/mol. The number of methoxy groups -OCH3 is 1. The number of hydrogen-bond donors (Lipinski definition) is 3. The molecule has 1 aromatic carbocycles. The van der Waals surface area contributed by atoms with Crippen LogP contribution in [0.25, 0.3) is 0 Å². The summed E-state index contributed by atoms with van der Waals surface area (Å²) >= 11 is 6.32. The SMILES string of the molecule is CCCSC1([N+](=O)[O-])C=CC(=N)C(NC(=S)NC(=O)OC)=C1Cc1ccccc1. The first-order chi connectivity index (χ1) is 13.8. The molecule has 10 heteroatoms. The minimum atomic E-state index is -1.54. The second kappa shape index (κ2) is 10.2. The quantitative estimate of drug-likeness (QED) is 0.260. The van der Waals surface area contributed by atoms with E-state index in [0.717, 1.165) is 12.0 Å². The van der Waals surface area contributed by atoms with Gasteiger partial charge in [0.05, 0.1) is 24.1 Å². The number of nitrogens with one attached hydrogen (secondary N) is 3. The maximum Gasteiger partial charge on any atom is 0.413 e. The van der Waals surface area contributed by atoms with Crippen molar-refractivity contribution in [2.75, 3.05) is 12.9 Å². The van der Waals surface area contributed by atoms with E-state index in [0.29, 0.717) is 11.3 Å². The molecular weight excluding hydrogens is 412 g/mol. The van der Waals surface area contributed by atoms with Crippen LogP contribution in [0.5, 0.6) is 0 Å². The van der Waals surface area contributed by atoms with Gasteiger partial charge in [-0.15, -0.1) is 0 Å². The molecular formula is C19H22N4O4S2. The summed E-state index contributed by atoms with van der Waals surface area (Å²) in [5.41, 5.74) is 1.51. The van der Waals surface area contributed by atoms with Gasteiger partial charge in [0.2, 0.25) is 0 Å². The van der Waals surface area contributed by atoms with E-state index in [2.05, 4.69) is 15.4 Å². The van der Waals surface area contributed by atoms with E-state index in [9.17, 15) is 14.9 Å². The van der Waals surface area contributed by atoms with Gasteiger partial charge in [0.1, 0.15) is 0 Å². The Kier molecular flexibility index (Phi) is 7.91.